The fraction of sp³-hybridized carbons (Fsp3) is 0.238. The number of nitrogens with zero attached hydrogens (tertiary/aromatic N) is 1. The van der Waals surface area contributed by atoms with Gasteiger partial charge in [-0.3, -0.25) is 4.79 Å². The first-order valence-electron chi connectivity index (χ1n) is 8.95. The summed E-state index contributed by atoms with van der Waals surface area (Å²) >= 11 is 4.87. The molecule has 0 bridgehead atoms. The molecule has 3 rings (SSSR count). The Hall–Kier alpha value is -2.58. The highest BCUT2D eigenvalue weighted by atomic mass is 79.9. The van der Waals surface area contributed by atoms with Gasteiger partial charge in [0.1, 0.15) is 17.2 Å². The van der Waals surface area contributed by atoms with Gasteiger partial charge in [-0.1, -0.05) is 0 Å². The zero-order chi connectivity index (χ0) is 20.6. The van der Waals surface area contributed by atoms with Gasteiger partial charge in [-0.05, 0) is 64.8 Å². The monoisotopic (exact) mass is 476 g/mol. The van der Waals surface area contributed by atoms with Crippen LogP contribution in [0.3, 0.4) is 0 Å². The van der Waals surface area contributed by atoms with E-state index >= 15 is 0 Å². The molecule has 0 aliphatic heterocycles. The van der Waals surface area contributed by atoms with Crippen molar-refractivity contribution in [2.75, 3.05) is 26.1 Å². The molecule has 0 spiro atoms. The molecule has 0 aliphatic rings. The van der Waals surface area contributed by atoms with Crippen LogP contribution in [0, 0.1) is 0 Å². The lowest BCUT2D eigenvalue weighted by Gasteiger charge is -2.07. The highest BCUT2D eigenvalue weighted by Crippen LogP contribution is 2.32. The van der Waals surface area contributed by atoms with Crippen molar-refractivity contribution in [2.24, 2.45) is 0 Å². The summed E-state index contributed by atoms with van der Waals surface area (Å²) in [5, 5.41) is 5.33. The molecule has 1 heterocycles. The molecule has 0 atom stereocenters. The van der Waals surface area contributed by atoms with E-state index in [1.807, 2.05) is 47.8 Å². The van der Waals surface area contributed by atoms with E-state index in [1.54, 1.807) is 14.2 Å². The molecule has 1 aromatic heterocycles. The third kappa shape index (κ3) is 5.95. The van der Waals surface area contributed by atoms with Crippen molar-refractivity contribution in [3.05, 3.63) is 52.3 Å². The van der Waals surface area contributed by atoms with E-state index in [9.17, 15) is 4.79 Å². The molecular weight excluding hydrogens is 456 g/mol. The van der Waals surface area contributed by atoms with Crippen molar-refractivity contribution < 1.29 is 19.0 Å². The van der Waals surface area contributed by atoms with Crippen molar-refractivity contribution in [3.63, 3.8) is 0 Å². The number of carbonyl (C=O) groups excluding carboxylic acids is 1. The third-order valence-corrected chi connectivity index (χ3v) is 5.45. The molecule has 3 aromatic rings. The standard InChI is InChI=1S/C21H21BrN2O4S/c1-26-15-6-8-16(9-7-15)28-11-3-4-20(25)24-21-23-18(13-29-21)14-5-10-19(27-2)17(22)12-14/h5-10,12-13H,3-4,11H2,1-2H3,(H,23,24,25). The van der Waals surface area contributed by atoms with Crippen LogP contribution in [0.1, 0.15) is 12.8 Å². The number of aromatic nitrogens is 1. The second kappa shape index (κ2) is 10.3. The third-order valence-electron chi connectivity index (χ3n) is 4.07. The van der Waals surface area contributed by atoms with Crippen LogP contribution in [-0.4, -0.2) is 31.7 Å². The number of benzene rings is 2. The van der Waals surface area contributed by atoms with Crippen LogP contribution in [0.5, 0.6) is 17.2 Å². The average molecular weight is 477 g/mol. The lowest BCUT2D eigenvalue weighted by Crippen LogP contribution is -2.12. The lowest BCUT2D eigenvalue weighted by molar-refractivity contribution is -0.116. The van der Waals surface area contributed by atoms with Gasteiger partial charge >= 0.3 is 0 Å². The Morgan fingerprint density at radius 1 is 1.10 bits per heavy atom. The Morgan fingerprint density at radius 3 is 2.55 bits per heavy atom. The summed E-state index contributed by atoms with van der Waals surface area (Å²) in [5.41, 5.74) is 1.75. The molecule has 0 saturated carbocycles. The molecule has 2 aromatic carbocycles. The van der Waals surface area contributed by atoms with E-state index in [0.29, 0.717) is 24.6 Å². The molecule has 0 saturated heterocycles. The van der Waals surface area contributed by atoms with Crippen molar-refractivity contribution in [1.82, 2.24) is 4.98 Å². The van der Waals surface area contributed by atoms with Gasteiger partial charge in [0.2, 0.25) is 5.91 Å². The Morgan fingerprint density at radius 2 is 1.86 bits per heavy atom. The largest absolute Gasteiger partial charge is 0.497 e. The van der Waals surface area contributed by atoms with Crippen molar-refractivity contribution in [1.29, 1.82) is 0 Å². The van der Waals surface area contributed by atoms with Crippen LogP contribution >= 0.6 is 27.3 Å². The molecule has 0 radical (unpaired) electrons. The zero-order valence-corrected chi connectivity index (χ0v) is 18.5. The maximum atomic E-state index is 12.2. The van der Waals surface area contributed by atoms with E-state index < -0.39 is 0 Å². The highest BCUT2D eigenvalue weighted by molar-refractivity contribution is 9.10. The summed E-state index contributed by atoms with van der Waals surface area (Å²) in [6.45, 7) is 0.461. The number of thiazole rings is 1. The number of hydrogen-bond donors (Lipinski definition) is 1. The summed E-state index contributed by atoms with van der Waals surface area (Å²) in [7, 11) is 3.24. The van der Waals surface area contributed by atoms with Crippen molar-refractivity contribution >= 4 is 38.3 Å². The van der Waals surface area contributed by atoms with Crippen LogP contribution in [0.25, 0.3) is 11.3 Å². The Balaban J connectivity index is 1.45. The van der Waals surface area contributed by atoms with Gasteiger partial charge in [-0.15, -0.1) is 11.3 Å². The smallest absolute Gasteiger partial charge is 0.226 e. The Labute approximate surface area is 182 Å². The van der Waals surface area contributed by atoms with Gasteiger partial charge in [0.15, 0.2) is 5.13 Å². The lowest BCUT2D eigenvalue weighted by atomic mass is 10.2. The summed E-state index contributed by atoms with van der Waals surface area (Å²) < 4.78 is 16.8. The van der Waals surface area contributed by atoms with Gasteiger partial charge < -0.3 is 19.5 Å². The van der Waals surface area contributed by atoms with E-state index in [2.05, 4.69) is 26.2 Å². The average Bonchev–Trinajstić information content (AvgIpc) is 3.20. The molecule has 0 unspecified atom stereocenters. The molecule has 8 heteroatoms. The first-order chi connectivity index (χ1) is 14.1. The number of halogens is 1. The minimum Gasteiger partial charge on any atom is -0.497 e. The Bertz CT molecular complexity index is 960. The molecule has 1 amide bonds. The number of methoxy groups -OCH3 is 2. The molecular formula is C21H21BrN2O4S. The normalized spacial score (nSPS) is 10.4. The van der Waals surface area contributed by atoms with Crippen molar-refractivity contribution in [2.45, 2.75) is 12.8 Å². The SMILES string of the molecule is COc1ccc(OCCCC(=O)Nc2nc(-c3ccc(OC)c(Br)c3)cs2)cc1. The summed E-state index contributed by atoms with van der Waals surface area (Å²) in [6.07, 6.45) is 0.973. The first-order valence-corrected chi connectivity index (χ1v) is 10.6. The van der Waals surface area contributed by atoms with Gasteiger partial charge in [0.05, 0.1) is 31.0 Å². The van der Waals surface area contributed by atoms with Crippen LogP contribution in [-0.2, 0) is 4.79 Å². The van der Waals surface area contributed by atoms with E-state index in [1.165, 1.54) is 11.3 Å². The highest BCUT2D eigenvalue weighted by Gasteiger charge is 2.10. The Kier molecular flexibility index (Phi) is 7.48. The van der Waals surface area contributed by atoms with Crippen LogP contribution in [0.2, 0.25) is 0 Å². The number of hydrogen-bond acceptors (Lipinski definition) is 6. The van der Waals surface area contributed by atoms with Crippen molar-refractivity contribution in [3.8, 4) is 28.5 Å². The fourth-order valence-electron chi connectivity index (χ4n) is 2.57. The van der Waals surface area contributed by atoms with Crippen LogP contribution in [0.4, 0.5) is 5.13 Å². The van der Waals surface area contributed by atoms with Gasteiger partial charge in [0.25, 0.3) is 0 Å². The van der Waals surface area contributed by atoms with Gasteiger partial charge in [-0.2, -0.15) is 0 Å². The maximum Gasteiger partial charge on any atom is 0.226 e. The van der Waals surface area contributed by atoms with Crippen LogP contribution < -0.4 is 19.5 Å². The second-order valence-electron chi connectivity index (χ2n) is 6.06. The number of nitrogens with one attached hydrogen (secondary N) is 1. The van der Waals surface area contributed by atoms with Gasteiger partial charge in [0, 0.05) is 17.4 Å². The predicted octanol–water partition coefficient (Wildman–Crippen LogP) is 5.39. The molecule has 1 N–H and O–H groups in total. The minimum atomic E-state index is -0.0832. The maximum absolute atomic E-state index is 12.2. The summed E-state index contributed by atoms with van der Waals surface area (Å²) in [6, 6.07) is 13.1. The minimum absolute atomic E-state index is 0.0832. The van der Waals surface area contributed by atoms with E-state index in [0.717, 1.165) is 33.0 Å². The molecule has 6 nitrogen and oxygen atoms in total. The summed E-state index contributed by atoms with van der Waals surface area (Å²) in [5.74, 6) is 2.21. The topological polar surface area (TPSA) is 69.7 Å². The number of anilines is 1. The second-order valence-corrected chi connectivity index (χ2v) is 7.78. The number of carbonyl (C=O) groups is 1. The predicted molar refractivity (Wildman–Crippen MR) is 118 cm³/mol. The number of ether oxygens (including phenoxy) is 3. The molecule has 152 valence electrons. The van der Waals surface area contributed by atoms with E-state index in [-0.39, 0.29) is 5.91 Å². The quantitative estimate of drug-likeness (QED) is 0.419. The van der Waals surface area contributed by atoms with E-state index in [4.69, 9.17) is 14.2 Å². The van der Waals surface area contributed by atoms with Crippen LogP contribution in [0.15, 0.2) is 52.3 Å². The number of rotatable bonds is 9. The first kappa shape index (κ1) is 21.1. The van der Waals surface area contributed by atoms with Gasteiger partial charge in [-0.25, -0.2) is 4.98 Å². The molecule has 0 aliphatic carbocycles. The fourth-order valence-corrected chi connectivity index (χ4v) is 3.84. The molecule has 0 fully saturated rings. The molecule has 29 heavy (non-hydrogen) atoms. The number of amides is 1. The summed E-state index contributed by atoms with van der Waals surface area (Å²) in [4.78, 5) is 16.6. The zero-order valence-electron chi connectivity index (χ0n) is 16.1.